The molecule has 8 heteroatoms. The first kappa shape index (κ1) is 18.9. The lowest BCUT2D eigenvalue weighted by Crippen LogP contribution is -2.49. The average molecular weight is 364 g/mol. The van der Waals surface area contributed by atoms with Crippen molar-refractivity contribution < 1.29 is 9.59 Å². The summed E-state index contributed by atoms with van der Waals surface area (Å²) in [7, 11) is 0. The fourth-order valence-electron chi connectivity index (χ4n) is 1.84. The normalized spacial score (nSPS) is 11.8. The number of hydrogen-bond donors (Lipinski definition) is 3. The summed E-state index contributed by atoms with van der Waals surface area (Å²) in [6, 6.07) is 3.91. The molecule has 0 fully saturated rings. The molecule has 0 aliphatic heterocycles. The zero-order valence-corrected chi connectivity index (χ0v) is 14.5. The lowest BCUT2D eigenvalue weighted by Gasteiger charge is -2.17. The Morgan fingerprint density at radius 1 is 1.36 bits per heavy atom. The summed E-state index contributed by atoms with van der Waals surface area (Å²) in [5, 5.41) is 6.36. The molecule has 1 aromatic rings. The van der Waals surface area contributed by atoms with E-state index in [4.69, 9.17) is 28.9 Å². The van der Waals surface area contributed by atoms with Crippen LogP contribution in [0, 0.1) is 0 Å². The zero-order valence-electron chi connectivity index (χ0n) is 12.2. The standard InChI is InChI=1S/C14H19Cl2N3O2S/c1-22-7-5-12(19-14(17)21)13(20)18-6-4-9-2-3-10(15)8-11(9)16/h2-3,8,12H,4-7H2,1H3,(H,18,20)(H3,17,19,21). The van der Waals surface area contributed by atoms with Crippen molar-refractivity contribution in [3.05, 3.63) is 33.8 Å². The largest absolute Gasteiger partial charge is 0.354 e. The highest BCUT2D eigenvalue weighted by Gasteiger charge is 2.18. The monoisotopic (exact) mass is 363 g/mol. The maximum atomic E-state index is 12.1. The van der Waals surface area contributed by atoms with Crippen molar-refractivity contribution in [1.82, 2.24) is 10.6 Å². The van der Waals surface area contributed by atoms with E-state index in [1.807, 2.05) is 12.3 Å². The third-order valence-electron chi connectivity index (χ3n) is 2.95. The lowest BCUT2D eigenvalue weighted by molar-refractivity contribution is -0.122. The molecule has 1 aromatic carbocycles. The predicted octanol–water partition coefficient (Wildman–Crippen LogP) is 2.44. The molecule has 22 heavy (non-hydrogen) atoms. The first-order valence-corrected chi connectivity index (χ1v) is 8.85. The van der Waals surface area contributed by atoms with Gasteiger partial charge in [0, 0.05) is 16.6 Å². The van der Waals surface area contributed by atoms with Gasteiger partial charge in [-0.15, -0.1) is 0 Å². The third-order valence-corrected chi connectivity index (χ3v) is 4.18. The van der Waals surface area contributed by atoms with E-state index in [9.17, 15) is 9.59 Å². The highest BCUT2D eigenvalue weighted by Crippen LogP contribution is 2.21. The van der Waals surface area contributed by atoms with E-state index >= 15 is 0 Å². The molecule has 0 spiro atoms. The van der Waals surface area contributed by atoms with Crippen molar-refractivity contribution in [2.45, 2.75) is 18.9 Å². The van der Waals surface area contributed by atoms with Gasteiger partial charge in [0.25, 0.3) is 0 Å². The molecule has 122 valence electrons. The Hall–Kier alpha value is -1.11. The van der Waals surface area contributed by atoms with E-state index in [1.54, 1.807) is 23.9 Å². The van der Waals surface area contributed by atoms with Gasteiger partial charge >= 0.3 is 6.03 Å². The Kier molecular flexibility index (Phi) is 8.45. The maximum Gasteiger partial charge on any atom is 0.312 e. The second-order valence-electron chi connectivity index (χ2n) is 4.62. The molecule has 0 saturated carbocycles. The van der Waals surface area contributed by atoms with Crippen molar-refractivity contribution in [2.75, 3.05) is 18.6 Å². The Balaban J connectivity index is 2.49. The fraction of sp³-hybridized carbons (Fsp3) is 0.429. The van der Waals surface area contributed by atoms with Gasteiger partial charge in [-0.3, -0.25) is 4.79 Å². The molecular weight excluding hydrogens is 345 g/mol. The van der Waals surface area contributed by atoms with E-state index in [0.29, 0.717) is 29.4 Å². The van der Waals surface area contributed by atoms with Crippen LogP contribution < -0.4 is 16.4 Å². The van der Waals surface area contributed by atoms with Crippen molar-refractivity contribution >= 4 is 46.9 Å². The van der Waals surface area contributed by atoms with Crippen molar-refractivity contribution in [3.8, 4) is 0 Å². The average Bonchev–Trinajstić information content (AvgIpc) is 2.45. The molecule has 0 aliphatic rings. The molecule has 0 bridgehead atoms. The first-order chi connectivity index (χ1) is 10.4. The van der Waals surface area contributed by atoms with Crippen molar-refractivity contribution in [2.24, 2.45) is 5.73 Å². The summed E-state index contributed by atoms with van der Waals surface area (Å²) in [5.41, 5.74) is 5.99. The summed E-state index contributed by atoms with van der Waals surface area (Å²) in [5.74, 6) is 0.499. The Bertz CT molecular complexity index is 529. The summed E-state index contributed by atoms with van der Waals surface area (Å²) in [4.78, 5) is 23.0. The predicted molar refractivity (Wildman–Crippen MR) is 92.7 cm³/mol. The van der Waals surface area contributed by atoms with Crippen molar-refractivity contribution in [1.29, 1.82) is 0 Å². The third kappa shape index (κ3) is 6.77. The van der Waals surface area contributed by atoms with E-state index in [2.05, 4.69) is 10.6 Å². The highest BCUT2D eigenvalue weighted by molar-refractivity contribution is 7.98. The first-order valence-electron chi connectivity index (χ1n) is 6.70. The smallest absolute Gasteiger partial charge is 0.312 e. The van der Waals surface area contributed by atoms with Crippen LogP contribution in [0.25, 0.3) is 0 Å². The van der Waals surface area contributed by atoms with Gasteiger partial charge in [0.05, 0.1) is 0 Å². The molecule has 3 amide bonds. The number of rotatable bonds is 8. The number of benzene rings is 1. The van der Waals surface area contributed by atoms with Crippen LogP contribution in [-0.4, -0.2) is 36.5 Å². The topological polar surface area (TPSA) is 84.2 Å². The van der Waals surface area contributed by atoms with Gasteiger partial charge < -0.3 is 16.4 Å². The van der Waals surface area contributed by atoms with Crippen LogP contribution in [0.2, 0.25) is 10.0 Å². The molecule has 0 aliphatic carbocycles. The van der Waals surface area contributed by atoms with Crippen LogP contribution in [-0.2, 0) is 11.2 Å². The van der Waals surface area contributed by atoms with Crippen LogP contribution in [0.1, 0.15) is 12.0 Å². The van der Waals surface area contributed by atoms with Crippen LogP contribution in [0.5, 0.6) is 0 Å². The number of thioether (sulfide) groups is 1. The second kappa shape index (κ2) is 9.82. The van der Waals surface area contributed by atoms with Gasteiger partial charge in [0.1, 0.15) is 6.04 Å². The minimum absolute atomic E-state index is 0.252. The van der Waals surface area contributed by atoms with E-state index in [0.717, 1.165) is 11.3 Å². The van der Waals surface area contributed by atoms with Gasteiger partial charge in [-0.05, 0) is 42.5 Å². The number of urea groups is 1. The quantitative estimate of drug-likeness (QED) is 0.663. The van der Waals surface area contributed by atoms with Gasteiger partial charge in [0.15, 0.2) is 0 Å². The van der Waals surface area contributed by atoms with Gasteiger partial charge in [-0.25, -0.2) is 4.79 Å². The fourth-order valence-corrected chi connectivity index (χ4v) is 2.82. The van der Waals surface area contributed by atoms with E-state index < -0.39 is 12.1 Å². The summed E-state index contributed by atoms with van der Waals surface area (Å²) < 4.78 is 0. The number of halogens is 2. The number of nitrogens with two attached hydrogens (primary N) is 1. The SMILES string of the molecule is CSCCC(NC(N)=O)C(=O)NCCc1ccc(Cl)cc1Cl. The number of amides is 3. The minimum Gasteiger partial charge on any atom is -0.354 e. The van der Waals surface area contributed by atoms with E-state index in [1.165, 1.54) is 0 Å². The molecule has 0 radical (unpaired) electrons. The molecule has 0 saturated heterocycles. The van der Waals surface area contributed by atoms with Crippen LogP contribution in [0.3, 0.4) is 0 Å². The van der Waals surface area contributed by atoms with Gasteiger partial charge in [-0.1, -0.05) is 29.3 Å². The van der Waals surface area contributed by atoms with Crippen molar-refractivity contribution in [3.63, 3.8) is 0 Å². The molecule has 0 aromatic heterocycles. The van der Waals surface area contributed by atoms with Crippen LogP contribution in [0.15, 0.2) is 18.2 Å². The zero-order chi connectivity index (χ0) is 16.5. The summed E-state index contributed by atoms with van der Waals surface area (Å²) in [6.45, 7) is 0.413. The van der Waals surface area contributed by atoms with Gasteiger partial charge in [0.2, 0.25) is 5.91 Å². The summed E-state index contributed by atoms with van der Waals surface area (Å²) >= 11 is 13.5. The number of primary amides is 1. The lowest BCUT2D eigenvalue weighted by atomic mass is 10.1. The Morgan fingerprint density at radius 3 is 2.68 bits per heavy atom. The number of carbonyl (C=O) groups is 2. The Labute approximate surface area is 144 Å². The number of hydrogen-bond acceptors (Lipinski definition) is 3. The molecule has 1 unspecified atom stereocenters. The molecule has 5 nitrogen and oxygen atoms in total. The summed E-state index contributed by atoms with van der Waals surface area (Å²) in [6.07, 6.45) is 3.03. The minimum atomic E-state index is -0.706. The molecule has 1 atom stereocenters. The number of nitrogens with one attached hydrogen (secondary N) is 2. The molecule has 0 heterocycles. The highest BCUT2D eigenvalue weighted by atomic mass is 35.5. The van der Waals surface area contributed by atoms with E-state index in [-0.39, 0.29) is 5.91 Å². The molecular formula is C14H19Cl2N3O2S. The maximum absolute atomic E-state index is 12.1. The molecule has 4 N–H and O–H groups in total. The van der Waals surface area contributed by atoms with Crippen LogP contribution in [0.4, 0.5) is 4.79 Å². The van der Waals surface area contributed by atoms with Crippen LogP contribution >= 0.6 is 35.0 Å². The molecule has 1 rings (SSSR count). The second-order valence-corrected chi connectivity index (χ2v) is 6.45. The Morgan fingerprint density at radius 2 is 2.09 bits per heavy atom. The van der Waals surface area contributed by atoms with Gasteiger partial charge in [-0.2, -0.15) is 11.8 Å². The number of carbonyl (C=O) groups excluding carboxylic acids is 2.